The number of hydrogen-bond acceptors (Lipinski definition) is 3. The Balaban J connectivity index is 2.02. The fourth-order valence-corrected chi connectivity index (χ4v) is 2.01. The predicted octanol–water partition coefficient (Wildman–Crippen LogP) is 2.95. The summed E-state index contributed by atoms with van der Waals surface area (Å²) in [5, 5.41) is 13.3. The van der Waals surface area contributed by atoms with E-state index in [9.17, 15) is 0 Å². The lowest BCUT2D eigenvalue weighted by molar-refractivity contribution is -0.0690. The Kier molecular flexibility index (Phi) is 3.25. The van der Waals surface area contributed by atoms with Crippen LogP contribution < -0.4 is 5.32 Å². The first-order chi connectivity index (χ1) is 7.63. The van der Waals surface area contributed by atoms with Crippen molar-refractivity contribution in [1.82, 2.24) is 0 Å². The van der Waals surface area contributed by atoms with Crippen molar-refractivity contribution < 1.29 is 4.74 Å². The van der Waals surface area contributed by atoms with Gasteiger partial charge < -0.3 is 10.1 Å². The van der Waals surface area contributed by atoms with E-state index in [0.717, 1.165) is 5.69 Å². The fraction of sp³-hybridized carbons (Fsp3) is 0.364. The molecule has 0 amide bonds. The maximum Gasteiger partial charge on any atom is 0.121 e. The van der Waals surface area contributed by atoms with Crippen molar-refractivity contribution in [2.24, 2.45) is 5.41 Å². The van der Waals surface area contributed by atoms with Crippen LogP contribution in [0.5, 0.6) is 0 Å². The third kappa shape index (κ3) is 2.41. The second-order valence-electron chi connectivity index (χ2n) is 3.90. The first-order valence-corrected chi connectivity index (χ1v) is 5.58. The smallest absolute Gasteiger partial charge is 0.121 e. The van der Waals surface area contributed by atoms with E-state index in [1.165, 1.54) is 0 Å². The molecule has 1 aliphatic rings. The Morgan fingerprint density at radius 3 is 2.38 bits per heavy atom. The maximum absolute atomic E-state index is 9.00. The second-order valence-corrected chi connectivity index (χ2v) is 4.77. The van der Waals surface area contributed by atoms with E-state index < -0.39 is 5.41 Å². The summed E-state index contributed by atoms with van der Waals surface area (Å²) in [6, 6.07) is 7.48. The number of benzene rings is 1. The highest BCUT2D eigenvalue weighted by Gasteiger charge is 2.38. The summed E-state index contributed by atoms with van der Waals surface area (Å²) in [5.41, 5.74) is 0.411. The van der Waals surface area contributed by atoms with Gasteiger partial charge >= 0.3 is 0 Å². The minimum Gasteiger partial charge on any atom is -0.383 e. The Morgan fingerprint density at radius 2 is 1.94 bits per heavy atom. The molecule has 0 aromatic heterocycles. The first kappa shape index (κ1) is 11.5. The zero-order chi connectivity index (χ0) is 11.6. The predicted molar refractivity (Wildman–Crippen MR) is 63.8 cm³/mol. The van der Waals surface area contributed by atoms with Crippen LogP contribution in [-0.4, -0.2) is 19.8 Å². The molecule has 0 saturated carbocycles. The lowest BCUT2D eigenvalue weighted by atomic mass is 9.88. The maximum atomic E-state index is 9.00. The third-order valence-electron chi connectivity index (χ3n) is 2.49. The highest BCUT2D eigenvalue weighted by molar-refractivity contribution is 6.35. The normalized spacial score (nSPS) is 17.3. The molecule has 0 spiro atoms. The standard InChI is InChI=1S/C11H10Cl2N2O/c12-8-1-9(13)3-10(2-8)15-5-11(4-14)6-16-7-11/h1-3,15H,5-7H2. The van der Waals surface area contributed by atoms with Crippen LogP contribution in [0.1, 0.15) is 0 Å². The SMILES string of the molecule is N#CC1(CNc2cc(Cl)cc(Cl)c2)COC1. The van der Waals surface area contributed by atoms with Crippen LogP contribution in [0.25, 0.3) is 0 Å². The molecule has 1 N–H and O–H groups in total. The molecule has 1 fully saturated rings. The number of nitrogens with one attached hydrogen (secondary N) is 1. The lowest BCUT2D eigenvalue weighted by Gasteiger charge is -2.35. The molecular formula is C11H10Cl2N2O. The Bertz CT molecular complexity index is 418. The minimum atomic E-state index is -0.408. The van der Waals surface area contributed by atoms with E-state index in [4.69, 9.17) is 33.2 Å². The molecule has 1 heterocycles. The molecule has 0 unspecified atom stereocenters. The van der Waals surface area contributed by atoms with Gasteiger partial charge in [0.2, 0.25) is 0 Å². The van der Waals surface area contributed by atoms with Crippen molar-refractivity contribution in [3.8, 4) is 6.07 Å². The van der Waals surface area contributed by atoms with Crippen molar-refractivity contribution in [2.75, 3.05) is 25.1 Å². The van der Waals surface area contributed by atoms with Crippen LogP contribution in [0.15, 0.2) is 18.2 Å². The van der Waals surface area contributed by atoms with Gasteiger partial charge in [-0.2, -0.15) is 5.26 Å². The van der Waals surface area contributed by atoms with Crippen LogP contribution in [0.2, 0.25) is 10.0 Å². The van der Waals surface area contributed by atoms with E-state index in [1.54, 1.807) is 18.2 Å². The second kappa shape index (κ2) is 4.50. The molecule has 0 atom stereocenters. The topological polar surface area (TPSA) is 45.0 Å². The van der Waals surface area contributed by atoms with Crippen molar-refractivity contribution in [1.29, 1.82) is 5.26 Å². The van der Waals surface area contributed by atoms with Gasteiger partial charge in [0, 0.05) is 22.3 Å². The van der Waals surface area contributed by atoms with Crippen LogP contribution in [0.3, 0.4) is 0 Å². The van der Waals surface area contributed by atoms with Gasteiger partial charge in [-0.1, -0.05) is 23.2 Å². The van der Waals surface area contributed by atoms with Crippen LogP contribution in [0, 0.1) is 16.7 Å². The summed E-state index contributed by atoms with van der Waals surface area (Å²) in [7, 11) is 0. The molecule has 2 rings (SSSR count). The number of hydrogen-bond donors (Lipinski definition) is 1. The zero-order valence-electron chi connectivity index (χ0n) is 8.46. The Hall–Kier alpha value is -0.950. The lowest BCUT2D eigenvalue weighted by Crippen LogP contribution is -2.46. The van der Waals surface area contributed by atoms with Gasteiger partial charge in [0.25, 0.3) is 0 Å². The van der Waals surface area contributed by atoms with Gasteiger partial charge in [0.1, 0.15) is 5.41 Å². The van der Waals surface area contributed by atoms with E-state index in [-0.39, 0.29) is 0 Å². The van der Waals surface area contributed by atoms with Crippen LogP contribution >= 0.6 is 23.2 Å². The van der Waals surface area contributed by atoms with E-state index in [2.05, 4.69) is 11.4 Å². The molecule has 84 valence electrons. The zero-order valence-corrected chi connectivity index (χ0v) is 9.98. The number of ether oxygens (including phenoxy) is 1. The third-order valence-corrected chi connectivity index (χ3v) is 2.92. The average molecular weight is 257 g/mol. The van der Waals surface area contributed by atoms with Crippen LogP contribution in [0.4, 0.5) is 5.69 Å². The quantitative estimate of drug-likeness (QED) is 0.905. The average Bonchev–Trinajstić information content (AvgIpc) is 2.15. The molecule has 5 heteroatoms. The van der Waals surface area contributed by atoms with Gasteiger partial charge in [0.15, 0.2) is 0 Å². The molecule has 0 aliphatic carbocycles. The van der Waals surface area contributed by atoms with E-state index in [1.807, 2.05) is 0 Å². The number of nitrogens with zero attached hydrogens (tertiary/aromatic N) is 1. The molecule has 1 aromatic carbocycles. The molecule has 1 aliphatic heterocycles. The molecule has 16 heavy (non-hydrogen) atoms. The summed E-state index contributed by atoms with van der Waals surface area (Å²) in [4.78, 5) is 0. The summed E-state index contributed by atoms with van der Waals surface area (Å²) < 4.78 is 5.05. The highest BCUT2D eigenvalue weighted by atomic mass is 35.5. The number of nitriles is 1. The van der Waals surface area contributed by atoms with Crippen LogP contribution in [-0.2, 0) is 4.74 Å². The van der Waals surface area contributed by atoms with E-state index in [0.29, 0.717) is 29.8 Å². The molecule has 3 nitrogen and oxygen atoms in total. The van der Waals surface area contributed by atoms with Crippen molar-refractivity contribution >= 4 is 28.9 Å². The van der Waals surface area contributed by atoms with Crippen molar-refractivity contribution in [3.63, 3.8) is 0 Å². The molecule has 1 saturated heterocycles. The van der Waals surface area contributed by atoms with Gasteiger partial charge in [0.05, 0.1) is 19.3 Å². The summed E-state index contributed by atoms with van der Waals surface area (Å²) in [6.07, 6.45) is 0. The Morgan fingerprint density at radius 1 is 1.31 bits per heavy atom. The van der Waals surface area contributed by atoms with Gasteiger partial charge in [-0.3, -0.25) is 0 Å². The fourth-order valence-electron chi connectivity index (χ4n) is 1.48. The van der Waals surface area contributed by atoms with E-state index >= 15 is 0 Å². The molecule has 0 bridgehead atoms. The summed E-state index contributed by atoms with van der Waals surface area (Å²) in [6.45, 7) is 1.50. The molecule has 1 aromatic rings. The largest absolute Gasteiger partial charge is 0.383 e. The van der Waals surface area contributed by atoms with Crippen molar-refractivity contribution in [3.05, 3.63) is 28.2 Å². The van der Waals surface area contributed by atoms with Gasteiger partial charge in [-0.05, 0) is 18.2 Å². The number of anilines is 1. The first-order valence-electron chi connectivity index (χ1n) is 4.83. The minimum absolute atomic E-state index is 0.408. The molecular weight excluding hydrogens is 247 g/mol. The summed E-state index contributed by atoms with van der Waals surface area (Å²) >= 11 is 11.7. The monoisotopic (exact) mass is 256 g/mol. The number of rotatable bonds is 3. The molecule has 0 radical (unpaired) electrons. The number of halogens is 2. The summed E-state index contributed by atoms with van der Waals surface area (Å²) in [5.74, 6) is 0. The van der Waals surface area contributed by atoms with Gasteiger partial charge in [-0.15, -0.1) is 0 Å². The Labute approximate surface area is 104 Å². The van der Waals surface area contributed by atoms with Gasteiger partial charge in [-0.25, -0.2) is 0 Å². The van der Waals surface area contributed by atoms with Crippen molar-refractivity contribution in [2.45, 2.75) is 0 Å². The highest BCUT2D eigenvalue weighted by Crippen LogP contribution is 2.28.